The van der Waals surface area contributed by atoms with Crippen LogP contribution in [0.1, 0.15) is 31.7 Å². The van der Waals surface area contributed by atoms with E-state index in [2.05, 4.69) is 29.5 Å². The Labute approximate surface area is 94.9 Å². The fraction of sp³-hybridized carbons (Fsp3) is 0.727. The summed E-state index contributed by atoms with van der Waals surface area (Å²) < 4.78 is 5.61. The molecule has 15 heavy (non-hydrogen) atoms. The van der Waals surface area contributed by atoms with Crippen LogP contribution in [0.15, 0.2) is 11.6 Å². The summed E-state index contributed by atoms with van der Waals surface area (Å²) in [5.41, 5.74) is 0.0561. The van der Waals surface area contributed by atoms with Gasteiger partial charge in [-0.1, -0.05) is 6.92 Å². The summed E-state index contributed by atoms with van der Waals surface area (Å²) in [5.74, 6) is 0. The number of ether oxygens (including phenoxy) is 1. The summed E-state index contributed by atoms with van der Waals surface area (Å²) in [7, 11) is 0. The van der Waals surface area contributed by atoms with E-state index in [9.17, 15) is 0 Å². The smallest absolute Gasteiger partial charge is 0.113 e. The first-order valence-electron chi connectivity index (χ1n) is 5.53. The van der Waals surface area contributed by atoms with Gasteiger partial charge in [-0.2, -0.15) is 0 Å². The molecule has 2 heterocycles. The Hall–Kier alpha value is -0.450. The fourth-order valence-electron chi connectivity index (χ4n) is 2.31. The standard InChI is InChI=1S/C11H18N2OS/c1-3-13-11(10-12-5-7-15-10)4-6-14-9(2)8-11/h5,7,9,13H,3-4,6,8H2,1-2H3. The van der Waals surface area contributed by atoms with Gasteiger partial charge in [0.1, 0.15) is 5.01 Å². The zero-order valence-corrected chi connectivity index (χ0v) is 10.1. The summed E-state index contributed by atoms with van der Waals surface area (Å²) in [6, 6.07) is 0. The van der Waals surface area contributed by atoms with Crippen LogP contribution in [-0.4, -0.2) is 24.2 Å². The summed E-state index contributed by atoms with van der Waals surface area (Å²) in [5, 5.41) is 6.86. The highest BCUT2D eigenvalue weighted by Gasteiger charge is 2.38. The molecule has 1 saturated heterocycles. The lowest BCUT2D eigenvalue weighted by atomic mass is 9.87. The number of nitrogens with zero attached hydrogens (tertiary/aromatic N) is 1. The number of rotatable bonds is 3. The summed E-state index contributed by atoms with van der Waals surface area (Å²) >= 11 is 1.74. The molecular weight excluding hydrogens is 208 g/mol. The molecule has 4 heteroatoms. The maximum absolute atomic E-state index is 5.61. The SMILES string of the molecule is CCNC1(c2nccs2)CCOC(C)C1. The van der Waals surface area contributed by atoms with Gasteiger partial charge in [0, 0.05) is 18.2 Å². The monoisotopic (exact) mass is 226 g/mol. The zero-order chi connectivity index (χ0) is 10.7. The highest BCUT2D eigenvalue weighted by atomic mass is 32.1. The van der Waals surface area contributed by atoms with Gasteiger partial charge in [0.15, 0.2) is 0 Å². The van der Waals surface area contributed by atoms with Crippen LogP contribution in [0, 0.1) is 0 Å². The Kier molecular flexibility index (Phi) is 3.38. The number of thiazole rings is 1. The van der Waals surface area contributed by atoms with Crippen LogP contribution in [0.2, 0.25) is 0 Å². The van der Waals surface area contributed by atoms with Crippen LogP contribution < -0.4 is 5.32 Å². The van der Waals surface area contributed by atoms with Crippen LogP contribution >= 0.6 is 11.3 Å². The Morgan fingerprint density at radius 1 is 1.73 bits per heavy atom. The van der Waals surface area contributed by atoms with Crippen molar-refractivity contribution in [2.75, 3.05) is 13.2 Å². The number of nitrogens with one attached hydrogen (secondary N) is 1. The molecule has 1 N–H and O–H groups in total. The number of aromatic nitrogens is 1. The molecule has 0 spiro atoms. The fourth-order valence-corrected chi connectivity index (χ4v) is 3.17. The van der Waals surface area contributed by atoms with Crippen molar-refractivity contribution in [3.05, 3.63) is 16.6 Å². The van der Waals surface area contributed by atoms with Gasteiger partial charge in [0.05, 0.1) is 11.6 Å². The van der Waals surface area contributed by atoms with Gasteiger partial charge in [-0.15, -0.1) is 11.3 Å². The highest BCUT2D eigenvalue weighted by molar-refractivity contribution is 7.09. The average Bonchev–Trinajstić information content (AvgIpc) is 2.71. The predicted octanol–water partition coefficient (Wildman–Crippen LogP) is 2.15. The molecule has 1 aromatic heterocycles. The second-order valence-corrected chi connectivity index (χ2v) is 4.98. The Bertz CT molecular complexity index is 298. The molecule has 1 aliphatic rings. The van der Waals surface area contributed by atoms with Crippen molar-refractivity contribution in [2.24, 2.45) is 0 Å². The first-order valence-corrected chi connectivity index (χ1v) is 6.41. The Morgan fingerprint density at radius 2 is 2.60 bits per heavy atom. The molecule has 3 nitrogen and oxygen atoms in total. The van der Waals surface area contributed by atoms with Gasteiger partial charge in [0.2, 0.25) is 0 Å². The van der Waals surface area contributed by atoms with E-state index < -0.39 is 0 Å². The quantitative estimate of drug-likeness (QED) is 0.857. The minimum Gasteiger partial charge on any atom is -0.378 e. The van der Waals surface area contributed by atoms with Gasteiger partial charge in [0.25, 0.3) is 0 Å². The van der Waals surface area contributed by atoms with Gasteiger partial charge in [-0.3, -0.25) is 0 Å². The van der Waals surface area contributed by atoms with Crippen LogP contribution in [0.5, 0.6) is 0 Å². The third-order valence-electron chi connectivity index (χ3n) is 2.92. The number of hydrogen-bond donors (Lipinski definition) is 1. The lowest BCUT2D eigenvalue weighted by Crippen LogP contribution is -2.48. The third kappa shape index (κ3) is 2.22. The van der Waals surface area contributed by atoms with E-state index in [1.54, 1.807) is 11.3 Å². The highest BCUT2D eigenvalue weighted by Crippen LogP contribution is 2.35. The van der Waals surface area contributed by atoms with E-state index >= 15 is 0 Å². The molecule has 2 atom stereocenters. The largest absolute Gasteiger partial charge is 0.378 e. The van der Waals surface area contributed by atoms with E-state index in [-0.39, 0.29) is 5.54 Å². The summed E-state index contributed by atoms with van der Waals surface area (Å²) in [6.07, 6.45) is 4.26. The van der Waals surface area contributed by atoms with Gasteiger partial charge in [-0.25, -0.2) is 4.98 Å². The van der Waals surface area contributed by atoms with Crippen molar-refractivity contribution in [1.29, 1.82) is 0 Å². The molecule has 2 unspecified atom stereocenters. The van der Waals surface area contributed by atoms with Crippen molar-refractivity contribution in [2.45, 2.75) is 38.3 Å². The third-order valence-corrected chi connectivity index (χ3v) is 3.90. The zero-order valence-electron chi connectivity index (χ0n) is 9.32. The van der Waals surface area contributed by atoms with E-state index in [4.69, 9.17) is 4.74 Å². The molecule has 0 saturated carbocycles. The minimum absolute atomic E-state index is 0.0561. The second-order valence-electron chi connectivity index (χ2n) is 4.09. The van der Waals surface area contributed by atoms with E-state index in [1.165, 1.54) is 5.01 Å². The summed E-state index contributed by atoms with van der Waals surface area (Å²) in [4.78, 5) is 4.47. The topological polar surface area (TPSA) is 34.2 Å². The molecule has 0 bridgehead atoms. The first-order chi connectivity index (χ1) is 7.27. The Balaban J connectivity index is 2.23. The maximum Gasteiger partial charge on any atom is 0.113 e. The van der Waals surface area contributed by atoms with Gasteiger partial charge in [-0.05, 0) is 26.3 Å². The van der Waals surface area contributed by atoms with Crippen LogP contribution in [-0.2, 0) is 10.3 Å². The van der Waals surface area contributed by atoms with Crippen molar-refractivity contribution < 1.29 is 4.74 Å². The molecule has 1 aromatic rings. The van der Waals surface area contributed by atoms with E-state index in [1.807, 2.05) is 6.20 Å². The van der Waals surface area contributed by atoms with Crippen molar-refractivity contribution in [3.63, 3.8) is 0 Å². The van der Waals surface area contributed by atoms with Gasteiger partial charge >= 0.3 is 0 Å². The lowest BCUT2D eigenvalue weighted by Gasteiger charge is -2.39. The molecular formula is C11H18N2OS. The van der Waals surface area contributed by atoms with Crippen LogP contribution in [0.25, 0.3) is 0 Å². The molecule has 2 rings (SSSR count). The van der Waals surface area contributed by atoms with Crippen LogP contribution in [0.4, 0.5) is 0 Å². The molecule has 0 aromatic carbocycles. The van der Waals surface area contributed by atoms with Crippen molar-refractivity contribution >= 4 is 11.3 Å². The molecule has 84 valence electrons. The predicted molar refractivity (Wildman–Crippen MR) is 62.1 cm³/mol. The van der Waals surface area contributed by atoms with Crippen molar-refractivity contribution in [1.82, 2.24) is 10.3 Å². The van der Waals surface area contributed by atoms with E-state index in [0.29, 0.717) is 6.10 Å². The van der Waals surface area contributed by atoms with Crippen molar-refractivity contribution in [3.8, 4) is 0 Å². The normalized spacial score (nSPS) is 31.7. The molecule has 1 fully saturated rings. The average molecular weight is 226 g/mol. The maximum atomic E-state index is 5.61. The first kappa shape index (κ1) is 11.0. The van der Waals surface area contributed by atoms with Gasteiger partial charge < -0.3 is 10.1 Å². The van der Waals surface area contributed by atoms with E-state index in [0.717, 1.165) is 26.0 Å². The molecule has 0 amide bonds. The minimum atomic E-state index is 0.0561. The van der Waals surface area contributed by atoms with Crippen LogP contribution in [0.3, 0.4) is 0 Å². The lowest BCUT2D eigenvalue weighted by molar-refractivity contribution is -0.0202. The second kappa shape index (κ2) is 4.60. The molecule has 0 aliphatic carbocycles. The molecule has 1 aliphatic heterocycles. The Morgan fingerprint density at radius 3 is 3.20 bits per heavy atom. The summed E-state index contributed by atoms with van der Waals surface area (Å²) in [6.45, 7) is 6.09. The molecule has 0 radical (unpaired) electrons. The number of hydrogen-bond acceptors (Lipinski definition) is 4.